The summed E-state index contributed by atoms with van der Waals surface area (Å²) in [5, 5.41) is 0. The Morgan fingerprint density at radius 3 is 2.29 bits per heavy atom. The molecule has 1 aliphatic rings. The van der Waals surface area contributed by atoms with Crippen molar-refractivity contribution >= 4 is 11.4 Å². The van der Waals surface area contributed by atoms with Crippen LogP contribution in [0.5, 0.6) is 0 Å². The molecule has 2 atom stereocenters. The van der Waals surface area contributed by atoms with Gasteiger partial charge >= 0.3 is 0 Å². The molecule has 1 aromatic rings. The van der Waals surface area contributed by atoms with Gasteiger partial charge in [-0.1, -0.05) is 12.1 Å². The Bertz CT molecular complexity index is 312. The van der Waals surface area contributed by atoms with Gasteiger partial charge in [-0.3, -0.25) is 0 Å². The number of benzene rings is 1. The van der Waals surface area contributed by atoms with Gasteiger partial charge < -0.3 is 10.6 Å². The van der Waals surface area contributed by atoms with Gasteiger partial charge in [-0.2, -0.15) is 0 Å². The van der Waals surface area contributed by atoms with Crippen LogP contribution < -0.4 is 10.6 Å². The molecule has 0 bridgehead atoms. The number of anilines is 2. The maximum absolute atomic E-state index is 5.98. The number of rotatable bonds is 1. The minimum absolute atomic E-state index is 0.620. The topological polar surface area (TPSA) is 29.3 Å². The van der Waals surface area contributed by atoms with Crippen molar-refractivity contribution in [3.8, 4) is 0 Å². The molecule has 2 nitrogen and oxygen atoms in total. The summed E-state index contributed by atoms with van der Waals surface area (Å²) >= 11 is 0. The molecular weight excluding hydrogens is 172 g/mol. The van der Waals surface area contributed by atoms with Crippen molar-refractivity contribution in [2.75, 3.05) is 10.6 Å². The van der Waals surface area contributed by atoms with Crippen LogP contribution >= 0.6 is 0 Å². The van der Waals surface area contributed by atoms with E-state index in [0.717, 1.165) is 5.69 Å². The number of nitrogens with zero attached hydrogens (tertiary/aromatic N) is 1. The van der Waals surface area contributed by atoms with E-state index in [2.05, 4.69) is 30.9 Å². The van der Waals surface area contributed by atoms with E-state index in [9.17, 15) is 0 Å². The highest BCUT2D eigenvalue weighted by Crippen LogP contribution is 2.33. The maximum Gasteiger partial charge on any atom is 0.0604 e. The van der Waals surface area contributed by atoms with E-state index in [1.165, 1.54) is 18.5 Å². The quantitative estimate of drug-likeness (QED) is 0.690. The van der Waals surface area contributed by atoms with Crippen LogP contribution in [0.15, 0.2) is 24.3 Å². The van der Waals surface area contributed by atoms with E-state index >= 15 is 0 Å². The maximum atomic E-state index is 5.98. The highest BCUT2D eigenvalue weighted by Gasteiger charge is 2.28. The zero-order valence-corrected chi connectivity index (χ0v) is 8.90. The molecule has 0 unspecified atom stereocenters. The summed E-state index contributed by atoms with van der Waals surface area (Å²) in [6.45, 7) is 4.55. The van der Waals surface area contributed by atoms with Gasteiger partial charge in [0.25, 0.3) is 0 Å². The second-order valence-electron chi connectivity index (χ2n) is 4.24. The van der Waals surface area contributed by atoms with E-state index in [-0.39, 0.29) is 0 Å². The molecule has 1 aromatic carbocycles. The standard InChI is InChI=1S/C12H18N2/c1-9-7-8-10(2)14(9)12-6-4-3-5-11(12)13/h3-6,9-10H,7-8,13H2,1-2H3/t9-,10+. The Kier molecular flexibility index (Phi) is 2.36. The third kappa shape index (κ3) is 1.45. The lowest BCUT2D eigenvalue weighted by Gasteiger charge is -2.29. The lowest BCUT2D eigenvalue weighted by Crippen LogP contribution is -2.33. The average Bonchev–Trinajstić information content (AvgIpc) is 2.48. The zero-order valence-electron chi connectivity index (χ0n) is 8.90. The monoisotopic (exact) mass is 190 g/mol. The van der Waals surface area contributed by atoms with Crippen LogP contribution in [-0.4, -0.2) is 12.1 Å². The molecule has 2 N–H and O–H groups in total. The van der Waals surface area contributed by atoms with Crippen molar-refractivity contribution in [1.29, 1.82) is 0 Å². The van der Waals surface area contributed by atoms with Crippen molar-refractivity contribution < 1.29 is 0 Å². The molecule has 1 aliphatic heterocycles. The van der Waals surface area contributed by atoms with Crippen LogP contribution in [0.25, 0.3) is 0 Å². The fraction of sp³-hybridized carbons (Fsp3) is 0.500. The van der Waals surface area contributed by atoms with Gasteiger partial charge in [-0.25, -0.2) is 0 Å². The smallest absolute Gasteiger partial charge is 0.0604 e. The van der Waals surface area contributed by atoms with E-state index in [1.807, 2.05) is 12.1 Å². The molecule has 2 rings (SSSR count). The summed E-state index contributed by atoms with van der Waals surface area (Å²) in [5.41, 5.74) is 8.08. The highest BCUT2D eigenvalue weighted by molar-refractivity contribution is 5.68. The summed E-state index contributed by atoms with van der Waals surface area (Å²) in [7, 11) is 0. The predicted molar refractivity (Wildman–Crippen MR) is 61.5 cm³/mol. The predicted octanol–water partition coefficient (Wildman–Crippen LogP) is 2.65. The summed E-state index contributed by atoms with van der Waals surface area (Å²) < 4.78 is 0. The largest absolute Gasteiger partial charge is 0.397 e. The molecule has 76 valence electrons. The first-order chi connectivity index (χ1) is 6.70. The summed E-state index contributed by atoms with van der Waals surface area (Å²) in [6, 6.07) is 9.39. The van der Waals surface area contributed by atoms with E-state index in [0.29, 0.717) is 12.1 Å². The minimum atomic E-state index is 0.620. The fourth-order valence-corrected chi connectivity index (χ4v) is 2.39. The van der Waals surface area contributed by atoms with Crippen molar-refractivity contribution in [2.24, 2.45) is 0 Å². The van der Waals surface area contributed by atoms with Crippen LogP contribution in [0.2, 0.25) is 0 Å². The summed E-state index contributed by atoms with van der Waals surface area (Å²) in [6.07, 6.45) is 2.55. The number of para-hydroxylation sites is 2. The Balaban J connectivity index is 2.34. The lowest BCUT2D eigenvalue weighted by molar-refractivity contribution is 0.695. The number of hydrogen-bond acceptors (Lipinski definition) is 2. The van der Waals surface area contributed by atoms with Crippen molar-refractivity contribution in [2.45, 2.75) is 38.8 Å². The average molecular weight is 190 g/mol. The Morgan fingerprint density at radius 2 is 1.71 bits per heavy atom. The molecule has 0 aromatic heterocycles. The first-order valence-electron chi connectivity index (χ1n) is 5.33. The van der Waals surface area contributed by atoms with Crippen LogP contribution in [0.3, 0.4) is 0 Å². The first kappa shape index (κ1) is 9.38. The van der Waals surface area contributed by atoms with Crippen LogP contribution in [0.4, 0.5) is 11.4 Å². The molecule has 14 heavy (non-hydrogen) atoms. The Morgan fingerprint density at radius 1 is 1.14 bits per heavy atom. The van der Waals surface area contributed by atoms with Gasteiger partial charge in [-0.05, 0) is 38.8 Å². The van der Waals surface area contributed by atoms with Crippen molar-refractivity contribution in [3.63, 3.8) is 0 Å². The van der Waals surface area contributed by atoms with E-state index in [1.54, 1.807) is 0 Å². The molecule has 0 radical (unpaired) electrons. The van der Waals surface area contributed by atoms with E-state index < -0.39 is 0 Å². The summed E-state index contributed by atoms with van der Waals surface area (Å²) in [4.78, 5) is 2.44. The van der Waals surface area contributed by atoms with Crippen molar-refractivity contribution in [1.82, 2.24) is 0 Å². The van der Waals surface area contributed by atoms with Crippen LogP contribution in [0.1, 0.15) is 26.7 Å². The van der Waals surface area contributed by atoms with E-state index in [4.69, 9.17) is 5.73 Å². The molecule has 0 aliphatic carbocycles. The van der Waals surface area contributed by atoms with Crippen LogP contribution in [-0.2, 0) is 0 Å². The molecular formula is C12H18N2. The van der Waals surface area contributed by atoms with Gasteiger partial charge in [0, 0.05) is 12.1 Å². The molecule has 1 saturated heterocycles. The first-order valence-corrected chi connectivity index (χ1v) is 5.33. The third-order valence-electron chi connectivity index (χ3n) is 3.17. The molecule has 1 heterocycles. The van der Waals surface area contributed by atoms with Gasteiger partial charge in [0.2, 0.25) is 0 Å². The lowest BCUT2D eigenvalue weighted by atomic mass is 10.2. The molecule has 0 spiro atoms. The minimum Gasteiger partial charge on any atom is -0.397 e. The molecule has 1 fully saturated rings. The second-order valence-corrected chi connectivity index (χ2v) is 4.24. The molecule has 2 heteroatoms. The van der Waals surface area contributed by atoms with Gasteiger partial charge in [-0.15, -0.1) is 0 Å². The van der Waals surface area contributed by atoms with Gasteiger partial charge in [0.05, 0.1) is 11.4 Å². The molecule has 0 saturated carbocycles. The van der Waals surface area contributed by atoms with Crippen molar-refractivity contribution in [3.05, 3.63) is 24.3 Å². The van der Waals surface area contributed by atoms with Gasteiger partial charge in [0.1, 0.15) is 0 Å². The Hall–Kier alpha value is -1.18. The second kappa shape index (κ2) is 3.52. The number of nitrogens with two attached hydrogens (primary N) is 1. The summed E-state index contributed by atoms with van der Waals surface area (Å²) in [5.74, 6) is 0. The van der Waals surface area contributed by atoms with Gasteiger partial charge in [0.15, 0.2) is 0 Å². The number of nitrogen functional groups attached to an aromatic ring is 1. The SMILES string of the molecule is C[C@@H]1CC[C@H](C)N1c1ccccc1N. The fourth-order valence-electron chi connectivity index (χ4n) is 2.39. The zero-order chi connectivity index (χ0) is 10.1. The Labute approximate surface area is 85.7 Å². The number of hydrogen-bond donors (Lipinski definition) is 1. The normalized spacial score (nSPS) is 26.9. The third-order valence-corrected chi connectivity index (χ3v) is 3.17. The van der Waals surface area contributed by atoms with Crippen LogP contribution in [0, 0.1) is 0 Å². The molecule has 0 amide bonds. The highest BCUT2D eigenvalue weighted by atomic mass is 15.2.